The highest BCUT2D eigenvalue weighted by Gasteiger charge is 2.17. The first-order valence-corrected chi connectivity index (χ1v) is 9.94. The van der Waals surface area contributed by atoms with Crippen LogP contribution >= 0.6 is 0 Å². The fourth-order valence-electron chi connectivity index (χ4n) is 2.57. The molecule has 2 aliphatic rings. The smallest absolute Gasteiger partial charge is 0.322 e. The Morgan fingerprint density at radius 3 is 1.91 bits per heavy atom. The maximum absolute atomic E-state index is 13.3. The van der Waals surface area contributed by atoms with Crippen LogP contribution in [0.3, 0.4) is 0 Å². The van der Waals surface area contributed by atoms with Crippen LogP contribution in [0.4, 0.5) is 33.7 Å². The van der Waals surface area contributed by atoms with E-state index >= 15 is 0 Å². The second kappa shape index (κ2) is 13.5. The molecule has 32 heavy (non-hydrogen) atoms. The van der Waals surface area contributed by atoms with Gasteiger partial charge in [0.15, 0.2) is 0 Å². The Kier molecular flexibility index (Phi) is 10.7. The predicted molar refractivity (Wildman–Crippen MR) is 112 cm³/mol. The van der Waals surface area contributed by atoms with Crippen molar-refractivity contribution in [2.45, 2.75) is 0 Å². The molecular weight excluding hydrogens is 432 g/mol. The van der Waals surface area contributed by atoms with Crippen molar-refractivity contribution in [1.82, 2.24) is 10.2 Å². The number of nitrogen functional groups attached to an aromatic ring is 1. The van der Waals surface area contributed by atoms with E-state index in [0.29, 0.717) is 26.3 Å². The van der Waals surface area contributed by atoms with Crippen LogP contribution in [0.25, 0.3) is 0 Å². The van der Waals surface area contributed by atoms with Crippen LogP contribution < -0.4 is 16.4 Å². The van der Waals surface area contributed by atoms with Gasteiger partial charge >= 0.3 is 6.03 Å². The molecule has 0 bridgehead atoms. The van der Waals surface area contributed by atoms with Crippen LogP contribution in [-0.2, 0) is 9.47 Å². The SMILES string of the molecule is C1COCCN1.Nc1ccc(F)cc1F.O=C(Nc1ccc(F)cc1F)N1CCOCC1. The molecule has 2 aliphatic heterocycles. The average Bonchev–Trinajstić information content (AvgIpc) is 2.81. The van der Waals surface area contributed by atoms with Crippen molar-refractivity contribution in [2.75, 3.05) is 63.7 Å². The van der Waals surface area contributed by atoms with Gasteiger partial charge in [-0.05, 0) is 24.3 Å². The van der Waals surface area contributed by atoms with Crippen molar-refractivity contribution < 1.29 is 31.8 Å². The zero-order valence-electron chi connectivity index (χ0n) is 17.4. The van der Waals surface area contributed by atoms with Crippen LogP contribution in [0.2, 0.25) is 0 Å². The molecule has 0 spiro atoms. The lowest BCUT2D eigenvalue weighted by Gasteiger charge is -2.26. The van der Waals surface area contributed by atoms with E-state index in [-0.39, 0.29) is 11.4 Å². The van der Waals surface area contributed by atoms with E-state index in [0.717, 1.165) is 50.6 Å². The van der Waals surface area contributed by atoms with Gasteiger partial charge < -0.3 is 30.7 Å². The van der Waals surface area contributed by atoms with Gasteiger partial charge in [0.05, 0.1) is 37.8 Å². The number of anilines is 2. The minimum atomic E-state index is -0.786. The molecule has 2 amide bonds. The standard InChI is InChI=1S/C11H12F2N2O2.C6H5F2N.C4H9NO/c12-8-1-2-10(9(13)7-8)14-11(16)15-3-5-17-6-4-15;7-4-1-2-6(9)5(8)3-4;1-3-6-4-2-5-1/h1-2,7H,3-6H2,(H,14,16);1-3H,9H2;5H,1-4H2. The third-order valence-corrected chi connectivity index (χ3v) is 4.28. The molecule has 176 valence electrons. The highest BCUT2D eigenvalue weighted by atomic mass is 19.1. The molecule has 11 heteroatoms. The number of benzene rings is 2. The maximum atomic E-state index is 13.3. The summed E-state index contributed by atoms with van der Waals surface area (Å²) in [5.41, 5.74) is 4.99. The number of ether oxygens (including phenoxy) is 2. The Balaban J connectivity index is 0.000000200. The van der Waals surface area contributed by atoms with Crippen molar-refractivity contribution >= 4 is 17.4 Å². The topological polar surface area (TPSA) is 88.8 Å². The Morgan fingerprint density at radius 1 is 0.875 bits per heavy atom. The first-order chi connectivity index (χ1) is 15.4. The Bertz CT molecular complexity index is 851. The molecule has 0 saturated carbocycles. The van der Waals surface area contributed by atoms with Crippen molar-refractivity contribution in [3.05, 3.63) is 59.7 Å². The minimum Gasteiger partial charge on any atom is -0.396 e. The molecule has 2 fully saturated rings. The summed E-state index contributed by atoms with van der Waals surface area (Å²) in [6.07, 6.45) is 0. The molecule has 0 unspecified atom stereocenters. The van der Waals surface area contributed by atoms with E-state index in [9.17, 15) is 22.4 Å². The maximum Gasteiger partial charge on any atom is 0.322 e. The van der Waals surface area contributed by atoms with Gasteiger partial charge in [-0.2, -0.15) is 0 Å². The third-order valence-electron chi connectivity index (χ3n) is 4.28. The molecule has 7 nitrogen and oxygen atoms in total. The number of nitrogens with zero attached hydrogens (tertiary/aromatic N) is 1. The molecule has 2 aromatic rings. The quantitative estimate of drug-likeness (QED) is 0.452. The Labute approximate surface area is 183 Å². The molecule has 4 N–H and O–H groups in total. The van der Waals surface area contributed by atoms with Crippen LogP contribution in [0.15, 0.2) is 36.4 Å². The van der Waals surface area contributed by atoms with E-state index in [2.05, 4.69) is 10.6 Å². The molecule has 2 saturated heterocycles. The van der Waals surface area contributed by atoms with E-state index < -0.39 is 29.3 Å². The third kappa shape index (κ3) is 9.08. The molecule has 0 aromatic heterocycles. The summed E-state index contributed by atoms with van der Waals surface area (Å²) in [5.74, 6) is -2.78. The summed E-state index contributed by atoms with van der Waals surface area (Å²) < 4.78 is 60.3. The van der Waals surface area contributed by atoms with Gasteiger partial charge in [0, 0.05) is 38.3 Å². The summed E-state index contributed by atoms with van der Waals surface area (Å²) in [6.45, 7) is 5.71. The molecule has 2 heterocycles. The number of nitrogens with two attached hydrogens (primary N) is 1. The molecule has 2 aromatic carbocycles. The average molecular weight is 458 g/mol. The number of hydrogen-bond donors (Lipinski definition) is 3. The fraction of sp³-hybridized carbons (Fsp3) is 0.381. The Hall–Kier alpha value is -2.89. The summed E-state index contributed by atoms with van der Waals surface area (Å²) in [7, 11) is 0. The lowest BCUT2D eigenvalue weighted by molar-refractivity contribution is 0.0564. The number of halogens is 4. The van der Waals surface area contributed by atoms with Gasteiger partial charge in [0.1, 0.15) is 23.3 Å². The van der Waals surface area contributed by atoms with E-state index in [1.54, 1.807) is 0 Å². The van der Waals surface area contributed by atoms with Gasteiger partial charge in [0.2, 0.25) is 0 Å². The number of urea groups is 1. The second-order valence-corrected chi connectivity index (χ2v) is 6.68. The number of hydrogen-bond acceptors (Lipinski definition) is 5. The lowest BCUT2D eigenvalue weighted by atomic mass is 10.3. The fourth-order valence-corrected chi connectivity index (χ4v) is 2.57. The van der Waals surface area contributed by atoms with Gasteiger partial charge in [-0.1, -0.05) is 0 Å². The summed E-state index contributed by atoms with van der Waals surface area (Å²) in [4.78, 5) is 13.2. The van der Waals surface area contributed by atoms with Gasteiger partial charge in [-0.15, -0.1) is 0 Å². The summed E-state index contributed by atoms with van der Waals surface area (Å²) >= 11 is 0. The number of rotatable bonds is 1. The van der Waals surface area contributed by atoms with Crippen LogP contribution in [-0.4, -0.2) is 63.5 Å². The van der Waals surface area contributed by atoms with Crippen molar-refractivity contribution in [2.24, 2.45) is 0 Å². The van der Waals surface area contributed by atoms with Crippen LogP contribution in [0, 0.1) is 23.3 Å². The number of carbonyl (C=O) groups is 1. The van der Waals surface area contributed by atoms with Crippen molar-refractivity contribution in [1.29, 1.82) is 0 Å². The predicted octanol–water partition coefficient (Wildman–Crippen LogP) is 2.98. The molecular formula is C21H26F4N4O3. The Morgan fingerprint density at radius 2 is 1.44 bits per heavy atom. The second-order valence-electron chi connectivity index (χ2n) is 6.68. The number of nitrogens with one attached hydrogen (secondary N) is 2. The zero-order chi connectivity index (χ0) is 23.3. The monoisotopic (exact) mass is 458 g/mol. The molecule has 0 atom stereocenters. The van der Waals surface area contributed by atoms with Gasteiger partial charge in [-0.3, -0.25) is 0 Å². The lowest BCUT2D eigenvalue weighted by Crippen LogP contribution is -2.43. The first kappa shape index (κ1) is 25.4. The molecule has 4 rings (SSSR count). The van der Waals surface area contributed by atoms with Gasteiger partial charge in [0.25, 0.3) is 0 Å². The van der Waals surface area contributed by atoms with Crippen LogP contribution in [0.5, 0.6) is 0 Å². The highest BCUT2D eigenvalue weighted by molar-refractivity contribution is 5.89. The highest BCUT2D eigenvalue weighted by Crippen LogP contribution is 2.15. The normalized spacial score (nSPS) is 15.6. The van der Waals surface area contributed by atoms with E-state index in [1.165, 1.54) is 17.0 Å². The number of carbonyl (C=O) groups excluding carboxylic acids is 1. The van der Waals surface area contributed by atoms with Crippen molar-refractivity contribution in [3.8, 4) is 0 Å². The number of amides is 2. The molecule has 0 radical (unpaired) electrons. The van der Waals surface area contributed by atoms with Crippen LogP contribution in [0.1, 0.15) is 0 Å². The molecule has 0 aliphatic carbocycles. The summed E-state index contributed by atoms with van der Waals surface area (Å²) in [6, 6.07) is 5.66. The van der Waals surface area contributed by atoms with E-state index in [1.807, 2.05) is 0 Å². The first-order valence-electron chi connectivity index (χ1n) is 9.94. The largest absolute Gasteiger partial charge is 0.396 e. The van der Waals surface area contributed by atoms with Crippen molar-refractivity contribution in [3.63, 3.8) is 0 Å². The van der Waals surface area contributed by atoms with Gasteiger partial charge in [-0.25, -0.2) is 22.4 Å². The number of morpholine rings is 2. The summed E-state index contributed by atoms with van der Waals surface area (Å²) in [5, 5.41) is 5.56. The minimum absolute atomic E-state index is 0.0251. The van der Waals surface area contributed by atoms with E-state index in [4.69, 9.17) is 15.2 Å². The zero-order valence-corrected chi connectivity index (χ0v) is 17.4.